The topological polar surface area (TPSA) is 26.0 Å². The Hall–Kier alpha value is 0.467. The van der Waals surface area contributed by atoms with E-state index in [1.54, 1.807) is 0 Å². The molecule has 0 amide bonds. The Bertz CT molecular complexity index is 56.5. The van der Waals surface area contributed by atoms with Crippen LogP contribution in [0, 0.1) is 0 Å². The lowest BCUT2D eigenvalue weighted by Crippen LogP contribution is -2.40. The van der Waals surface area contributed by atoms with Crippen LogP contribution in [0.15, 0.2) is 0 Å². The first kappa shape index (κ1) is 13.1. The van der Waals surface area contributed by atoms with Crippen LogP contribution in [0.4, 0.5) is 0 Å². The third-order valence-electron chi connectivity index (χ3n) is 2.68. The van der Waals surface area contributed by atoms with Crippen molar-refractivity contribution in [2.75, 3.05) is 6.17 Å². The van der Waals surface area contributed by atoms with E-state index in [-0.39, 0.29) is 12.4 Å². The Morgan fingerprint density at radius 3 is 1.30 bits per heavy atom. The fourth-order valence-corrected chi connectivity index (χ4v) is 3.55. The van der Waals surface area contributed by atoms with Crippen molar-refractivity contribution >= 4 is 20.5 Å². The van der Waals surface area contributed by atoms with Gasteiger partial charge in [0, 0.05) is 0 Å². The molecular formula is C7H20ClNSi. The van der Waals surface area contributed by atoms with Gasteiger partial charge >= 0.3 is 0 Å². The summed E-state index contributed by atoms with van der Waals surface area (Å²) in [6.07, 6.45) is 0.983. The molecule has 0 aliphatic rings. The minimum absolute atomic E-state index is 0. The fraction of sp³-hybridized carbons (Fsp3) is 1.00. The molecule has 2 N–H and O–H groups in total. The van der Waals surface area contributed by atoms with Crippen molar-refractivity contribution in [3.8, 4) is 0 Å². The summed E-state index contributed by atoms with van der Waals surface area (Å²) in [4.78, 5) is 0. The molecule has 0 aromatic carbocycles. The van der Waals surface area contributed by atoms with E-state index in [0.29, 0.717) is 0 Å². The highest BCUT2D eigenvalue weighted by Gasteiger charge is 2.23. The van der Waals surface area contributed by atoms with Gasteiger partial charge < -0.3 is 5.73 Å². The molecule has 0 spiro atoms. The molecule has 1 nitrogen and oxygen atoms in total. The van der Waals surface area contributed by atoms with Crippen LogP contribution in [0.2, 0.25) is 18.1 Å². The van der Waals surface area contributed by atoms with Crippen molar-refractivity contribution < 1.29 is 0 Å². The lowest BCUT2D eigenvalue weighted by Gasteiger charge is -2.25. The van der Waals surface area contributed by atoms with Crippen LogP contribution in [0.1, 0.15) is 20.8 Å². The van der Waals surface area contributed by atoms with Gasteiger partial charge in [0.1, 0.15) is 0 Å². The second kappa shape index (κ2) is 6.19. The zero-order chi connectivity index (χ0) is 7.33. The highest BCUT2D eigenvalue weighted by atomic mass is 35.5. The smallest absolute Gasteiger partial charge is 0.0675 e. The van der Waals surface area contributed by atoms with Crippen molar-refractivity contribution in [3.63, 3.8) is 0 Å². The first-order chi connectivity index (χ1) is 4.24. The molecule has 0 rings (SSSR count). The SMILES string of the molecule is CC[Si](CC)(CC)CN.Cl. The summed E-state index contributed by atoms with van der Waals surface area (Å²) in [6.45, 7) is 6.85. The van der Waals surface area contributed by atoms with E-state index in [9.17, 15) is 0 Å². The van der Waals surface area contributed by atoms with Gasteiger partial charge in [-0.15, -0.1) is 12.4 Å². The normalized spacial score (nSPS) is 10.8. The van der Waals surface area contributed by atoms with E-state index < -0.39 is 8.07 Å². The summed E-state index contributed by atoms with van der Waals surface area (Å²) in [5, 5.41) is 0. The second-order valence-corrected chi connectivity index (χ2v) is 8.29. The number of halogens is 1. The van der Waals surface area contributed by atoms with Crippen LogP contribution < -0.4 is 5.73 Å². The highest BCUT2D eigenvalue weighted by Crippen LogP contribution is 2.17. The molecule has 0 aliphatic heterocycles. The van der Waals surface area contributed by atoms with Crippen molar-refractivity contribution in [3.05, 3.63) is 0 Å². The summed E-state index contributed by atoms with van der Waals surface area (Å²) < 4.78 is 0. The van der Waals surface area contributed by atoms with E-state index in [2.05, 4.69) is 20.8 Å². The molecule has 64 valence electrons. The summed E-state index contributed by atoms with van der Waals surface area (Å²) in [5.74, 6) is 0. The predicted molar refractivity (Wildman–Crippen MR) is 53.5 cm³/mol. The Morgan fingerprint density at radius 1 is 1.00 bits per heavy atom. The first-order valence-electron chi connectivity index (χ1n) is 3.94. The van der Waals surface area contributed by atoms with Crippen LogP contribution >= 0.6 is 12.4 Å². The number of nitrogens with two attached hydrogens (primary N) is 1. The Kier molecular flexibility index (Phi) is 8.11. The summed E-state index contributed by atoms with van der Waals surface area (Å²) in [6, 6.07) is 4.07. The van der Waals surface area contributed by atoms with Crippen molar-refractivity contribution in [2.24, 2.45) is 5.73 Å². The van der Waals surface area contributed by atoms with Gasteiger partial charge in [-0.1, -0.05) is 38.9 Å². The summed E-state index contributed by atoms with van der Waals surface area (Å²) in [7, 11) is -0.914. The number of hydrogen-bond acceptors (Lipinski definition) is 1. The third kappa shape index (κ3) is 3.04. The molecule has 10 heavy (non-hydrogen) atoms. The average Bonchev–Trinajstić information content (AvgIpc) is 1.95. The molecule has 0 unspecified atom stereocenters. The zero-order valence-electron chi connectivity index (χ0n) is 7.31. The molecule has 0 aliphatic carbocycles. The molecule has 0 radical (unpaired) electrons. The maximum atomic E-state index is 5.70. The predicted octanol–water partition coefficient (Wildman–Crippen LogP) is 2.41. The largest absolute Gasteiger partial charge is 0.333 e. The Morgan fingerprint density at radius 2 is 1.30 bits per heavy atom. The second-order valence-electron chi connectivity index (χ2n) is 2.76. The lowest BCUT2D eigenvalue weighted by molar-refractivity contribution is 1.10. The van der Waals surface area contributed by atoms with Gasteiger partial charge in [0.2, 0.25) is 0 Å². The minimum Gasteiger partial charge on any atom is -0.333 e. The molecule has 3 heteroatoms. The van der Waals surface area contributed by atoms with Gasteiger partial charge in [0.15, 0.2) is 0 Å². The molecule has 0 saturated carbocycles. The maximum Gasteiger partial charge on any atom is 0.0675 e. The number of rotatable bonds is 4. The molecular weight excluding hydrogens is 162 g/mol. The minimum atomic E-state index is -0.914. The van der Waals surface area contributed by atoms with E-state index in [0.717, 1.165) is 6.17 Å². The molecule has 0 heterocycles. The third-order valence-corrected chi connectivity index (χ3v) is 8.05. The maximum absolute atomic E-state index is 5.70. The fourth-order valence-electron chi connectivity index (χ4n) is 1.18. The zero-order valence-corrected chi connectivity index (χ0v) is 9.13. The van der Waals surface area contributed by atoms with Gasteiger partial charge in [-0.25, -0.2) is 0 Å². The van der Waals surface area contributed by atoms with Crippen molar-refractivity contribution in [1.82, 2.24) is 0 Å². The van der Waals surface area contributed by atoms with Crippen LogP contribution in [0.5, 0.6) is 0 Å². The quantitative estimate of drug-likeness (QED) is 0.663. The molecule has 0 saturated heterocycles. The van der Waals surface area contributed by atoms with Gasteiger partial charge in [0.25, 0.3) is 0 Å². The number of hydrogen-bond donors (Lipinski definition) is 1. The van der Waals surface area contributed by atoms with E-state index in [1.165, 1.54) is 18.1 Å². The van der Waals surface area contributed by atoms with Gasteiger partial charge in [-0.05, 0) is 6.17 Å². The van der Waals surface area contributed by atoms with E-state index >= 15 is 0 Å². The first-order valence-corrected chi connectivity index (χ1v) is 6.77. The van der Waals surface area contributed by atoms with Gasteiger partial charge in [0.05, 0.1) is 8.07 Å². The van der Waals surface area contributed by atoms with Crippen LogP contribution in [0.25, 0.3) is 0 Å². The van der Waals surface area contributed by atoms with E-state index in [4.69, 9.17) is 5.73 Å². The molecule has 0 atom stereocenters. The van der Waals surface area contributed by atoms with E-state index in [1.807, 2.05) is 0 Å². The Labute approximate surface area is 71.8 Å². The van der Waals surface area contributed by atoms with Gasteiger partial charge in [-0.3, -0.25) is 0 Å². The molecule has 0 aromatic heterocycles. The monoisotopic (exact) mass is 181 g/mol. The summed E-state index contributed by atoms with van der Waals surface area (Å²) in [5.41, 5.74) is 5.70. The molecule has 0 aromatic rings. The average molecular weight is 182 g/mol. The van der Waals surface area contributed by atoms with Crippen LogP contribution in [0.3, 0.4) is 0 Å². The van der Waals surface area contributed by atoms with Crippen molar-refractivity contribution in [1.29, 1.82) is 0 Å². The molecule has 0 fully saturated rings. The Balaban J connectivity index is 0. The highest BCUT2D eigenvalue weighted by molar-refractivity contribution is 6.79. The lowest BCUT2D eigenvalue weighted by atomic mass is 10.9. The van der Waals surface area contributed by atoms with Crippen LogP contribution in [-0.4, -0.2) is 14.2 Å². The van der Waals surface area contributed by atoms with Crippen LogP contribution in [-0.2, 0) is 0 Å². The van der Waals surface area contributed by atoms with Crippen molar-refractivity contribution in [2.45, 2.75) is 38.9 Å². The summed E-state index contributed by atoms with van der Waals surface area (Å²) >= 11 is 0. The molecule has 0 bridgehead atoms. The van der Waals surface area contributed by atoms with Gasteiger partial charge in [-0.2, -0.15) is 0 Å². The standard InChI is InChI=1S/C7H19NSi.ClH/c1-4-9(5-2,6-3)7-8;/h4-8H2,1-3H3;1H.